The van der Waals surface area contributed by atoms with Crippen LogP contribution in [-0.2, 0) is 0 Å². The number of rotatable bonds is 3. The van der Waals surface area contributed by atoms with Crippen molar-refractivity contribution >= 4 is 28.8 Å². The number of pyridine rings is 2. The Morgan fingerprint density at radius 2 is 2.08 bits per heavy atom. The van der Waals surface area contributed by atoms with Crippen LogP contribution in [0.4, 0.5) is 5.69 Å². The van der Waals surface area contributed by atoms with Crippen molar-refractivity contribution in [3.63, 3.8) is 0 Å². The fraction of sp³-hybridized carbons (Fsp3) is 0.278. The van der Waals surface area contributed by atoms with E-state index in [-0.39, 0.29) is 5.91 Å². The van der Waals surface area contributed by atoms with Crippen LogP contribution in [0.2, 0.25) is 5.02 Å². The fourth-order valence-electron chi connectivity index (χ4n) is 3.22. The summed E-state index contributed by atoms with van der Waals surface area (Å²) in [5.41, 5.74) is 3.01. The van der Waals surface area contributed by atoms with E-state index in [0.29, 0.717) is 22.3 Å². The van der Waals surface area contributed by atoms with E-state index < -0.39 is 0 Å². The van der Waals surface area contributed by atoms with Gasteiger partial charge in [-0.2, -0.15) is 0 Å². The lowest BCUT2D eigenvalue weighted by Gasteiger charge is -2.23. The van der Waals surface area contributed by atoms with Gasteiger partial charge in [0.1, 0.15) is 11.3 Å². The Hall–Kier alpha value is -2.44. The zero-order valence-corrected chi connectivity index (χ0v) is 14.3. The summed E-state index contributed by atoms with van der Waals surface area (Å²) < 4.78 is 1.85. The monoisotopic (exact) mass is 355 g/mol. The van der Waals surface area contributed by atoms with Crippen molar-refractivity contribution in [1.82, 2.24) is 19.7 Å². The minimum absolute atomic E-state index is 0.247. The largest absolute Gasteiger partial charge is 0.319 e. The normalized spacial score (nSPS) is 15.4. The minimum Gasteiger partial charge on any atom is -0.319 e. The van der Waals surface area contributed by atoms with E-state index in [0.717, 1.165) is 31.6 Å². The number of hydrogen-bond donors (Lipinski definition) is 2. The van der Waals surface area contributed by atoms with Gasteiger partial charge in [-0.1, -0.05) is 17.7 Å². The third kappa shape index (κ3) is 3.23. The molecule has 3 aromatic heterocycles. The maximum Gasteiger partial charge on any atom is 0.274 e. The van der Waals surface area contributed by atoms with Gasteiger partial charge >= 0.3 is 0 Å². The van der Waals surface area contributed by atoms with E-state index in [1.54, 1.807) is 18.5 Å². The molecule has 128 valence electrons. The first-order valence-electron chi connectivity index (χ1n) is 8.31. The lowest BCUT2D eigenvalue weighted by Crippen LogP contribution is -2.26. The molecule has 0 spiro atoms. The van der Waals surface area contributed by atoms with Crippen LogP contribution < -0.4 is 10.6 Å². The van der Waals surface area contributed by atoms with Crippen molar-refractivity contribution in [2.45, 2.75) is 18.8 Å². The Kier molecular flexibility index (Phi) is 4.38. The molecule has 4 heterocycles. The third-order valence-electron chi connectivity index (χ3n) is 4.59. The first-order valence-corrected chi connectivity index (χ1v) is 8.69. The van der Waals surface area contributed by atoms with Gasteiger partial charge in [0, 0.05) is 18.6 Å². The number of carbonyl (C=O) groups excluding carboxylic acids is 1. The van der Waals surface area contributed by atoms with Crippen molar-refractivity contribution in [2.75, 3.05) is 18.4 Å². The maximum atomic E-state index is 12.7. The predicted molar refractivity (Wildman–Crippen MR) is 97.2 cm³/mol. The van der Waals surface area contributed by atoms with Crippen LogP contribution in [0.25, 0.3) is 5.65 Å². The Bertz CT molecular complexity index is 917. The van der Waals surface area contributed by atoms with Crippen molar-refractivity contribution < 1.29 is 4.79 Å². The highest BCUT2D eigenvalue weighted by atomic mass is 35.5. The van der Waals surface area contributed by atoms with Crippen LogP contribution in [0.15, 0.2) is 43.0 Å². The molecule has 25 heavy (non-hydrogen) atoms. The second-order valence-corrected chi connectivity index (χ2v) is 6.58. The molecule has 3 aromatic rings. The number of anilines is 1. The summed E-state index contributed by atoms with van der Waals surface area (Å²) in [5.74, 6) is 0.265. The number of hydrogen-bond acceptors (Lipinski definition) is 4. The summed E-state index contributed by atoms with van der Waals surface area (Å²) in [6, 6.07) is 5.75. The van der Waals surface area contributed by atoms with E-state index in [1.807, 2.05) is 16.7 Å². The number of fused-ring (bicyclic) bond motifs is 1. The van der Waals surface area contributed by atoms with Crippen LogP contribution in [0.5, 0.6) is 0 Å². The minimum atomic E-state index is -0.247. The molecule has 0 bridgehead atoms. The zero-order chi connectivity index (χ0) is 17.2. The number of piperidine rings is 1. The van der Waals surface area contributed by atoms with Crippen molar-refractivity contribution in [3.05, 3.63) is 59.3 Å². The number of nitrogens with one attached hydrogen (secondary N) is 2. The first kappa shape index (κ1) is 16.1. The van der Waals surface area contributed by atoms with Crippen molar-refractivity contribution in [2.24, 2.45) is 0 Å². The molecule has 0 radical (unpaired) electrons. The summed E-state index contributed by atoms with van der Waals surface area (Å²) >= 11 is 6.07. The highest BCUT2D eigenvalue weighted by molar-refractivity contribution is 6.33. The average molecular weight is 356 g/mol. The number of aromatic nitrogens is 3. The highest BCUT2D eigenvalue weighted by Gasteiger charge is 2.18. The number of imidazole rings is 1. The van der Waals surface area contributed by atoms with Gasteiger partial charge in [-0.3, -0.25) is 14.2 Å². The van der Waals surface area contributed by atoms with E-state index in [2.05, 4.69) is 26.7 Å². The second-order valence-electron chi connectivity index (χ2n) is 6.17. The number of amides is 1. The second kappa shape index (κ2) is 6.82. The van der Waals surface area contributed by atoms with Gasteiger partial charge in [-0.25, -0.2) is 4.98 Å². The molecule has 6 nitrogen and oxygen atoms in total. The van der Waals surface area contributed by atoms with Gasteiger partial charge in [0.05, 0.1) is 16.9 Å². The summed E-state index contributed by atoms with van der Waals surface area (Å²) in [6.07, 6.45) is 8.92. The predicted octanol–water partition coefficient (Wildman–Crippen LogP) is 3.10. The van der Waals surface area contributed by atoms with Crippen LogP contribution in [0.1, 0.15) is 34.8 Å². The molecule has 1 amide bonds. The SMILES string of the molecule is O=C(Nc1ccncc1Cl)c1cnc2ccc(C3CCNCC3)cn12. The topological polar surface area (TPSA) is 71.3 Å². The van der Waals surface area contributed by atoms with Gasteiger partial charge in [0.15, 0.2) is 0 Å². The van der Waals surface area contributed by atoms with Gasteiger partial charge in [-0.05, 0) is 49.5 Å². The zero-order valence-electron chi connectivity index (χ0n) is 13.6. The maximum absolute atomic E-state index is 12.7. The molecular weight excluding hydrogens is 338 g/mol. The standard InChI is InChI=1S/C18H18ClN5O/c19-14-9-21-8-5-15(14)23-18(25)16-10-22-17-2-1-13(11-24(16)17)12-3-6-20-7-4-12/h1-2,5,8-12,20H,3-4,6-7H2,(H,21,23,25). The van der Waals surface area contributed by atoms with Crippen molar-refractivity contribution in [3.8, 4) is 0 Å². The average Bonchev–Trinajstić information content (AvgIpc) is 3.07. The molecule has 1 aliphatic rings. The summed E-state index contributed by atoms with van der Waals surface area (Å²) in [6.45, 7) is 2.06. The van der Waals surface area contributed by atoms with E-state index in [1.165, 1.54) is 11.8 Å². The smallest absolute Gasteiger partial charge is 0.274 e. The molecule has 4 rings (SSSR count). The molecule has 0 saturated carbocycles. The summed E-state index contributed by atoms with van der Waals surface area (Å²) in [5, 5.41) is 6.60. The van der Waals surface area contributed by atoms with Gasteiger partial charge in [-0.15, -0.1) is 0 Å². The molecule has 0 aromatic carbocycles. The third-order valence-corrected chi connectivity index (χ3v) is 4.89. The van der Waals surface area contributed by atoms with E-state index in [4.69, 9.17) is 11.6 Å². The van der Waals surface area contributed by atoms with Gasteiger partial charge in [0.2, 0.25) is 0 Å². The lowest BCUT2D eigenvalue weighted by molar-refractivity contribution is 0.102. The molecule has 2 N–H and O–H groups in total. The first-order chi connectivity index (χ1) is 12.2. The van der Waals surface area contributed by atoms with Crippen LogP contribution in [0, 0.1) is 0 Å². The Morgan fingerprint density at radius 1 is 1.24 bits per heavy atom. The number of carbonyl (C=O) groups is 1. The summed E-state index contributed by atoms with van der Waals surface area (Å²) in [4.78, 5) is 20.9. The molecule has 0 aliphatic carbocycles. The fourth-order valence-corrected chi connectivity index (χ4v) is 3.39. The Morgan fingerprint density at radius 3 is 2.88 bits per heavy atom. The molecule has 1 aliphatic heterocycles. The highest BCUT2D eigenvalue weighted by Crippen LogP contribution is 2.26. The number of nitrogens with zero attached hydrogens (tertiary/aromatic N) is 3. The Labute approximate surface area is 150 Å². The molecule has 0 atom stereocenters. The molecule has 1 saturated heterocycles. The van der Waals surface area contributed by atoms with Crippen LogP contribution in [-0.4, -0.2) is 33.4 Å². The van der Waals surface area contributed by atoms with E-state index >= 15 is 0 Å². The van der Waals surface area contributed by atoms with Crippen LogP contribution >= 0.6 is 11.6 Å². The molecule has 0 unspecified atom stereocenters. The molecule has 7 heteroatoms. The summed E-state index contributed by atoms with van der Waals surface area (Å²) in [7, 11) is 0. The van der Waals surface area contributed by atoms with Gasteiger partial charge in [0.25, 0.3) is 5.91 Å². The molecule has 1 fully saturated rings. The molecular formula is C18H18ClN5O. The quantitative estimate of drug-likeness (QED) is 0.757. The van der Waals surface area contributed by atoms with Gasteiger partial charge < -0.3 is 10.6 Å². The number of halogens is 1. The van der Waals surface area contributed by atoms with Crippen molar-refractivity contribution in [1.29, 1.82) is 0 Å². The Balaban J connectivity index is 1.65. The van der Waals surface area contributed by atoms with Crippen LogP contribution in [0.3, 0.4) is 0 Å². The van der Waals surface area contributed by atoms with E-state index in [9.17, 15) is 4.79 Å². The lowest BCUT2D eigenvalue weighted by atomic mass is 9.91.